The predicted molar refractivity (Wildman–Crippen MR) is 25.1 cm³/mol. The molecule has 0 bridgehead atoms. The molecule has 2 nitrogen and oxygen atoms in total. The van der Waals surface area contributed by atoms with Crippen LogP contribution in [0.25, 0.3) is 0 Å². The number of hydrogen-bond donors (Lipinski definition) is 2. The highest BCUT2D eigenvalue weighted by Gasteiger charge is 2.37. The van der Waals surface area contributed by atoms with Crippen LogP contribution in [0.15, 0.2) is 0 Å². The molecule has 3 heteroatoms. The van der Waals surface area contributed by atoms with E-state index in [1.807, 2.05) is 0 Å². The highest BCUT2D eigenvalue weighted by molar-refractivity contribution is 6.24. The Bertz CT molecular complexity index is 48.8. The summed E-state index contributed by atoms with van der Waals surface area (Å²) in [6.45, 7) is 0. The summed E-state index contributed by atoms with van der Waals surface area (Å²) in [7, 11) is 0. The number of halogens is 1. The fourth-order valence-corrected chi connectivity index (χ4v) is 0.198. The first-order valence-corrected chi connectivity index (χ1v) is 2.00. The third-order valence-electron chi connectivity index (χ3n) is 0.663. The zero-order valence-corrected chi connectivity index (χ0v) is 4.20. The van der Waals surface area contributed by atoms with Crippen LogP contribution in [0.3, 0.4) is 0 Å². The number of alkyl halides is 1. The molecule has 1 rings (SSSR count). The summed E-state index contributed by atoms with van der Waals surface area (Å²) in [6, 6.07) is 0. The lowest BCUT2D eigenvalue weighted by molar-refractivity contribution is 0.238. The van der Waals surface area contributed by atoms with Crippen LogP contribution < -0.4 is 6.15 Å². The van der Waals surface area contributed by atoms with Crippen LogP contribution in [0.4, 0.5) is 0 Å². The van der Waals surface area contributed by atoms with Crippen molar-refractivity contribution in [1.82, 2.24) is 6.15 Å². The van der Waals surface area contributed by atoms with Gasteiger partial charge in [0.2, 0.25) is 0 Å². The van der Waals surface area contributed by atoms with Crippen LogP contribution >= 0.6 is 11.6 Å². The van der Waals surface area contributed by atoms with E-state index in [0.29, 0.717) is 0 Å². The summed E-state index contributed by atoms with van der Waals surface area (Å²) in [5.74, 6) is 0. The van der Waals surface area contributed by atoms with E-state index in [1.165, 1.54) is 0 Å². The first kappa shape index (κ1) is 6.21. The predicted octanol–water partition coefficient (Wildman–Crippen LogP) is 0.870. The molecule has 0 amide bonds. The molecule has 0 saturated heterocycles. The van der Waals surface area contributed by atoms with Gasteiger partial charge in [0.05, 0.1) is 0 Å². The average molecular weight is 110 g/mol. The lowest BCUT2D eigenvalue weighted by atomic mass is 10.9. The zero-order chi connectivity index (χ0) is 3.91. The van der Waals surface area contributed by atoms with Crippen LogP contribution in [-0.2, 0) is 0 Å². The largest absolute Gasteiger partial charge is 0.375 e. The van der Waals surface area contributed by atoms with E-state index in [-0.39, 0.29) is 6.15 Å². The van der Waals surface area contributed by atoms with Crippen molar-refractivity contribution in [3.8, 4) is 0 Å². The summed E-state index contributed by atoms with van der Waals surface area (Å²) < 4.78 is 0. The van der Waals surface area contributed by atoms with E-state index in [0.717, 1.165) is 12.8 Å². The molecule has 1 aliphatic carbocycles. The summed E-state index contributed by atoms with van der Waals surface area (Å²) in [5, 5.41) is 7.62. The summed E-state index contributed by atoms with van der Waals surface area (Å²) in [4.78, 5) is 0. The molecule has 6 heavy (non-hydrogen) atoms. The lowest BCUT2D eigenvalue weighted by Crippen LogP contribution is -1.88. The molecule has 0 atom stereocenters. The molecule has 4 N–H and O–H groups in total. The maximum Gasteiger partial charge on any atom is 0.139 e. The Labute approximate surface area is 41.7 Å². The molecule has 1 saturated carbocycles. The Morgan fingerprint density at radius 2 is 1.67 bits per heavy atom. The van der Waals surface area contributed by atoms with Crippen molar-refractivity contribution in [2.24, 2.45) is 0 Å². The van der Waals surface area contributed by atoms with E-state index >= 15 is 0 Å². The van der Waals surface area contributed by atoms with Crippen molar-refractivity contribution in [2.45, 2.75) is 17.9 Å². The standard InChI is InChI=1S/C3H5ClO.H3N/c4-3(5)1-2-3;/h5H,1-2H2;1H3. The molecule has 0 heterocycles. The SMILES string of the molecule is N.OC1(Cl)CC1. The smallest absolute Gasteiger partial charge is 0.139 e. The van der Waals surface area contributed by atoms with E-state index in [4.69, 9.17) is 16.7 Å². The lowest BCUT2D eigenvalue weighted by Gasteiger charge is -1.83. The Morgan fingerprint density at radius 1 is 1.50 bits per heavy atom. The zero-order valence-electron chi connectivity index (χ0n) is 3.45. The topological polar surface area (TPSA) is 55.2 Å². The van der Waals surface area contributed by atoms with Crippen molar-refractivity contribution in [2.75, 3.05) is 0 Å². The van der Waals surface area contributed by atoms with Gasteiger partial charge in [-0.2, -0.15) is 0 Å². The van der Waals surface area contributed by atoms with Crippen molar-refractivity contribution < 1.29 is 5.11 Å². The van der Waals surface area contributed by atoms with Gasteiger partial charge in [-0.3, -0.25) is 0 Å². The van der Waals surface area contributed by atoms with E-state index in [2.05, 4.69) is 0 Å². The molecule has 0 radical (unpaired) electrons. The third kappa shape index (κ3) is 1.60. The molecule has 0 spiro atoms. The second-order valence-corrected chi connectivity index (χ2v) is 2.12. The van der Waals surface area contributed by atoms with Crippen LogP contribution in [-0.4, -0.2) is 10.2 Å². The quantitative estimate of drug-likeness (QED) is 0.454. The molecule has 0 aromatic rings. The Morgan fingerprint density at radius 3 is 1.67 bits per heavy atom. The molecule has 0 aromatic carbocycles. The molecular weight excluding hydrogens is 101 g/mol. The number of hydrogen-bond acceptors (Lipinski definition) is 2. The van der Waals surface area contributed by atoms with Gasteiger partial charge in [-0.25, -0.2) is 0 Å². The van der Waals surface area contributed by atoms with Crippen LogP contribution in [0.5, 0.6) is 0 Å². The van der Waals surface area contributed by atoms with E-state index < -0.39 is 5.06 Å². The first-order valence-electron chi connectivity index (χ1n) is 1.62. The maximum absolute atomic E-state index is 8.40. The highest BCUT2D eigenvalue weighted by Crippen LogP contribution is 2.38. The van der Waals surface area contributed by atoms with Gasteiger partial charge >= 0.3 is 0 Å². The second kappa shape index (κ2) is 1.37. The molecule has 1 aliphatic rings. The van der Waals surface area contributed by atoms with E-state index in [1.54, 1.807) is 0 Å². The van der Waals surface area contributed by atoms with Crippen molar-refractivity contribution >= 4 is 11.6 Å². The minimum atomic E-state index is -0.778. The molecule has 0 aromatic heterocycles. The van der Waals surface area contributed by atoms with Crippen LogP contribution in [0, 0.1) is 0 Å². The fraction of sp³-hybridized carbons (Fsp3) is 1.00. The van der Waals surface area contributed by atoms with Gasteiger partial charge in [-0.05, 0) is 12.8 Å². The molecular formula is C3H8ClNO. The normalized spacial score (nSPS) is 25.0. The maximum atomic E-state index is 8.40. The fourth-order valence-electron chi connectivity index (χ4n) is 0.103. The highest BCUT2D eigenvalue weighted by atomic mass is 35.5. The minimum absolute atomic E-state index is 0. The van der Waals surface area contributed by atoms with Gasteiger partial charge in [0.25, 0.3) is 0 Å². The molecule has 0 aliphatic heterocycles. The molecule has 38 valence electrons. The average Bonchev–Trinajstić information content (AvgIpc) is 1.76. The third-order valence-corrected chi connectivity index (χ3v) is 1.04. The summed E-state index contributed by atoms with van der Waals surface area (Å²) >= 11 is 5.20. The van der Waals surface area contributed by atoms with E-state index in [9.17, 15) is 0 Å². The van der Waals surface area contributed by atoms with Gasteiger partial charge in [0.15, 0.2) is 0 Å². The minimum Gasteiger partial charge on any atom is -0.375 e. The van der Waals surface area contributed by atoms with Crippen LogP contribution in [0.1, 0.15) is 12.8 Å². The second-order valence-electron chi connectivity index (χ2n) is 1.42. The van der Waals surface area contributed by atoms with Gasteiger partial charge in [-0.1, -0.05) is 11.6 Å². The Hall–Kier alpha value is 0.210. The number of aliphatic hydroxyl groups is 1. The van der Waals surface area contributed by atoms with Crippen molar-refractivity contribution in [3.05, 3.63) is 0 Å². The van der Waals surface area contributed by atoms with Gasteiger partial charge in [0, 0.05) is 0 Å². The van der Waals surface area contributed by atoms with Gasteiger partial charge < -0.3 is 11.3 Å². The van der Waals surface area contributed by atoms with Crippen molar-refractivity contribution in [3.63, 3.8) is 0 Å². The molecule has 0 unspecified atom stereocenters. The van der Waals surface area contributed by atoms with Crippen molar-refractivity contribution in [1.29, 1.82) is 0 Å². The summed E-state index contributed by atoms with van der Waals surface area (Å²) in [6.07, 6.45) is 1.54. The van der Waals surface area contributed by atoms with Gasteiger partial charge in [0.1, 0.15) is 5.06 Å². The summed E-state index contributed by atoms with van der Waals surface area (Å²) in [5.41, 5.74) is 0. The van der Waals surface area contributed by atoms with Crippen LogP contribution in [0.2, 0.25) is 0 Å². The first-order chi connectivity index (χ1) is 2.21. The molecule has 1 fully saturated rings. The monoisotopic (exact) mass is 109 g/mol. The van der Waals surface area contributed by atoms with Gasteiger partial charge in [-0.15, -0.1) is 0 Å². The number of rotatable bonds is 0. The Kier molecular flexibility index (Phi) is 1.42. The Balaban J connectivity index is 0.000000250.